The van der Waals surface area contributed by atoms with E-state index in [2.05, 4.69) is 26.5 Å². The van der Waals surface area contributed by atoms with Crippen molar-refractivity contribution in [2.24, 2.45) is 5.92 Å². The maximum absolute atomic E-state index is 13.1. The van der Waals surface area contributed by atoms with Crippen LogP contribution in [0.15, 0.2) is 54.6 Å². The number of hydrogen-bond donors (Lipinski definition) is 1. The zero-order chi connectivity index (χ0) is 22.3. The minimum atomic E-state index is -0.231. The topological polar surface area (TPSA) is 58.1 Å². The summed E-state index contributed by atoms with van der Waals surface area (Å²) in [5, 5.41) is 4.13. The van der Waals surface area contributed by atoms with Crippen LogP contribution in [0.4, 0.5) is 9.52 Å². The highest BCUT2D eigenvalue weighted by Gasteiger charge is 2.24. The molecule has 4 rings (SSSR count). The Morgan fingerprint density at radius 2 is 1.88 bits per heavy atom. The van der Waals surface area contributed by atoms with E-state index in [-0.39, 0.29) is 17.6 Å². The molecule has 1 saturated heterocycles. The first-order valence-corrected chi connectivity index (χ1v) is 12.0. The van der Waals surface area contributed by atoms with Crippen LogP contribution in [0, 0.1) is 11.7 Å². The van der Waals surface area contributed by atoms with Gasteiger partial charge in [0, 0.05) is 37.6 Å². The summed E-state index contributed by atoms with van der Waals surface area (Å²) in [6.45, 7) is 4.62. The molecule has 1 aliphatic rings. The lowest BCUT2D eigenvalue weighted by molar-refractivity contribution is -0.122. The van der Waals surface area contributed by atoms with Crippen molar-refractivity contribution in [2.75, 3.05) is 24.5 Å². The average molecular weight is 453 g/mol. The fraction of sp³-hybridized carbons (Fsp3) is 0.400. The second kappa shape index (κ2) is 10.7. The van der Waals surface area contributed by atoms with Crippen LogP contribution in [0.2, 0.25) is 0 Å². The SMILES string of the molecule is CCC(C(=O)NCC1CCN(c2nc(Cc3ccc(F)cc3)ns2)CC1)c1ccccc1. The molecule has 1 aromatic heterocycles. The Morgan fingerprint density at radius 3 is 2.56 bits per heavy atom. The zero-order valence-electron chi connectivity index (χ0n) is 18.3. The van der Waals surface area contributed by atoms with Gasteiger partial charge in [0.1, 0.15) is 11.6 Å². The Labute approximate surface area is 192 Å². The van der Waals surface area contributed by atoms with Crippen molar-refractivity contribution >= 4 is 22.6 Å². The third-order valence-electron chi connectivity index (χ3n) is 6.11. The lowest BCUT2D eigenvalue weighted by Crippen LogP contribution is -2.39. The summed E-state index contributed by atoms with van der Waals surface area (Å²) >= 11 is 1.42. The van der Waals surface area contributed by atoms with Crippen molar-refractivity contribution in [1.29, 1.82) is 0 Å². The number of carbonyl (C=O) groups is 1. The molecule has 1 atom stereocenters. The number of piperidine rings is 1. The smallest absolute Gasteiger partial charge is 0.227 e. The van der Waals surface area contributed by atoms with Gasteiger partial charge in [0.25, 0.3) is 0 Å². The zero-order valence-corrected chi connectivity index (χ0v) is 19.2. The fourth-order valence-electron chi connectivity index (χ4n) is 4.18. The maximum atomic E-state index is 13.1. The Balaban J connectivity index is 1.24. The molecule has 1 amide bonds. The van der Waals surface area contributed by atoms with Crippen molar-refractivity contribution in [3.8, 4) is 0 Å². The molecular formula is C25H29FN4OS. The van der Waals surface area contributed by atoms with Gasteiger partial charge in [-0.25, -0.2) is 9.37 Å². The first-order chi connectivity index (χ1) is 15.6. The number of anilines is 1. The first-order valence-electron chi connectivity index (χ1n) is 11.3. The summed E-state index contributed by atoms with van der Waals surface area (Å²) in [6, 6.07) is 16.5. The van der Waals surface area contributed by atoms with Crippen molar-refractivity contribution in [3.63, 3.8) is 0 Å². The molecule has 0 bridgehead atoms. The number of halogens is 1. The van der Waals surface area contributed by atoms with E-state index in [1.807, 2.05) is 30.3 Å². The number of benzene rings is 2. The average Bonchev–Trinajstić information content (AvgIpc) is 3.29. The largest absolute Gasteiger partial charge is 0.355 e. The van der Waals surface area contributed by atoms with E-state index in [9.17, 15) is 9.18 Å². The van der Waals surface area contributed by atoms with Crippen LogP contribution in [0.3, 0.4) is 0 Å². The minimum absolute atomic E-state index is 0.0859. The summed E-state index contributed by atoms with van der Waals surface area (Å²) < 4.78 is 17.6. The number of aromatic nitrogens is 2. The molecule has 0 saturated carbocycles. The van der Waals surface area contributed by atoms with Crippen LogP contribution in [0.1, 0.15) is 49.1 Å². The number of carbonyl (C=O) groups excluding carboxylic acids is 1. The maximum Gasteiger partial charge on any atom is 0.227 e. The molecule has 7 heteroatoms. The number of amides is 1. The van der Waals surface area contributed by atoms with Gasteiger partial charge in [0.2, 0.25) is 11.0 Å². The van der Waals surface area contributed by atoms with E-state index in [0.717, 1.165) is 61.0 Å². The lowest BCUT2D eigenvalue weighted by Gasteiger charge is -2.31. The summed E-state index contributed by atoms with van der Waals surface area (Å²) in [4.78, 5) is 19.7. The molecule has 0 aliphatic carbocycles. The van der Waals surface area contributed by atoms with E-state index < -0.39 is 0 Å². The third-order valence-corrected chi connectivity index (χ3v) is 6.92. The number of hydrogen-bond acceptors (Lipinski definition) is 5. The van der Waals surface area contributed by atoms with E-state index in [4.69, 9.17) is 0 Å². The van der Waals surface area contributed by atoms with Crippen LogP contribution in [0.5, 0.6) is 0 Å². The monoisotopic (exact) mass is 452 g/mol. The predicted molar refractivity (Wildman–Crippen MR) is 127 cm³/mol. The van der Waals surface area contributed by atoms with Crippen LogP contribution >= 0.6 is 11.5 Å². The minimum Gasteiger partial charge on any atom is -0.355 e. The molecule has 1 N–H and O–H groups in total. The van der Waals surface area contributed by atoms with Gasteiger partial charge in [0.15, 0.2) is 0 Å². The van der Waals surface area contributed by atoms with Gasteiger partial charge in [-0.2, -0.15) is 4.37 Å². The fourth-order valence-corrected chi connectivity index (χ4v) is 4.92. The molecule has 0 spiro atoms. The first kappa shape index (κ1) is 22.4. The molecule has 2 heterocycles. The number of nitrogens with zero attached hydrogens (tertiary/aromatic N) is 3. The van der Waals surface area contributed by atoms with Crippen LogP contribution in [0.25, 0.3) is 0 Å². The Hall–Kier alpha value is -2.80. The molecule has 168 valence electrons. The van der Waals surface area contributed by atoms with Crippen molar-refractivity contribution in [3.05, 3.63) is 77.4 Å². The van der Waals surface area contributed by atoms with Crippen molar-refractivity contribution < 1.29 is 9.18 Å². The molecule has 1 aliphatic heterocycles. The van der Waals surface area contributed by atoms with Crippen molar-refractivity contribution in [2.45, 2.75) is 38.5 Å². The highest BCUT2D eigenvalue weighted by molar-refractivity contribution is 7.09. The second-order valence-corrected chi connectivity index (χ2v) is 9.07. The normalized spacial score (nSPS) is 15.5. The van der Waals surface area contributed by atoms with E-state index in [1.165, 1.54) is 23.7 Å². The summed E-state index contributed by atoms with van der Waals surface area (Å²) in [5.74, 6) is 1.06. The van der Waals surface area contributed by atoms with Crippen LogP contribution in [-0.2, 0) is 11.2 Å². The van der Waals surface area contributed by atoms with Crippen molar-refractivity contribution in [1.82, 2.24) is 14.7 Å². The summed E-state index contributed by atoms with van der Waals surface area (Å²) in [7, 11) is 0. The predicted octanol–water partition coefficient (Wildman–Crippen LogP) is 4.79. The quantitative estimate of drug-likeness (QED) is 0.534. The van der Waals surface area contributed by atoms with E-state index in [1.54, 1.807) is 12.1 Å². The standard InChI is InChI=1S/C25H29FN4OS/c1-2-22(20-6-4-3-5-7-20)24(31)27-17-19-12-14-30(15-13-19)25-28-23(29-32-25)16-18-8-10-21(26)11-9-18/h3-11,19,22H,2,12-17H2,1H3,(H,27,31). The third kappa shape index (κ3) is 5.71. The Bertz CT molecular complexity index is 1000. The van der Waals surface area contributed by atoms with Gasteiger partial charge in [-0.1, -0.05) is 49.4 Å². The highest BCUT2D eigenvalue weighted by Crippen LogP contribution is 2.26. The van der Waals surface area contributed by atoms with E-state index in [0.29, 0.717) is 12.3 Å². The van der Waals surface area contributed by atoms with Gasteiger partial charge < -0.3 is 10.2 Å². The van der Waals surface area contributed by atoms with Crippen LogP contribution < -0.4 is 10.2 Å². The summed E-state index contributed by atoms with van der Waals surface area (Å²) in [6.07, 6.45) is 3.45. The van der Waals surface area contributed by atoms with Gasteiger partial charge in [-0.15, -0.1) is 0 Å². The molecule has 2 aromatic carbocycles. The molecule has 32 heavy (non-hydrogen) atoms. The lowest BCUT2D eigenvalue weighted by atomic mass is 9.94. The molecule has 0 radical (unpaired) electrons. The van der Waals surface area contributed by atoms with Gasteiger partial charge in [0.05, 0.1) is 5.92 Å². The van der Waals surface area contributed by atoms with Gasteiger partial charge >= 0.3 is 0 Å². The number of rotatable bonds is 8. The summed E-state index contributed by atoms with van der Waals surface area (Å²) in [5.41, 5.74) is 2.08. The number of nitrogens with one attached hydrogen (secondary N) is 1. The highest BCUT2D eigenvalue weighted by atomic mass is 32.1. The Kier molecular flexibility index (Phi) is 7.47. The van der Waals surface area contributed by atoms with Gasteiger partial charge in [-0.05, 0) is 48.4 Å². The molecular weight excluding hydrogens is 423 g/mol. The van der Waals surface area contributed by atoms with E-state index >= 15 is 0 Å². The molecule has 3 aromatic rings. The van der Waals surface area contributed by atoms with Gasteiger partial charge in [-0.3, -0.25) is 4.79 Å². The molecule has 5 nitrogen and oxygen atoms in total. The molecule has 1 fully saturated rings. The van der Waals surface area contributed by atoms with Crippen LogP contribution in [-0.4, -0.2) is 34.9 Å². The Morgan fingerprint density at radius 1 is 1.16 bits per heavy atom. The second-order valence-electron chi connectivity index (χ2n) is 8.34. The molecule has 1 unspecified atom stereocenters.